The molecule has 1 aliphatic carbocycles. The molecule has 0 bridgehead atoms. The summed E-state index contributed by atoms with van der Waals surface area (Å²) in [5.41, 5.74) is 1.55. The van der Waals surface area contributed by atoms with E-state index in [4.69, 9.17) is 4.74 Å². The summed E-state index contributed by atoms with van der Waals surface area (Å²) in [5.74, 6) is 1.71. The second-order valence-electron chi connectivity index (χ2n) is 5.94. The molecule has 1 aliphatic heterocycles. The van der Waals surface area contributed by atoms with E-state index in [0.717, 1.165) is 22.8 Å². The SMILES string of the molecule is COc1ccc(C2CC23CSc2cc(F)ccc2C3=O)cc1. The fraction of sp³-hybridized carbons (Fsp3) is 0.278. The Bertz CT molecular complexity index is 756. The Morgan fingerprint density at radius 1 is 1.23 bits per heavy atom. The Kier molecular flexibility index (Phi) is 3.05. The van der Waals surface area contributed by atoms with Gasteiger partial charge in [0.15, 0.2) is 5.78 Å². The minimum absolute atomic E-state index is 0.169. The zero-order chi connectivity index (χ0) is 15.3. The lowest BCUT2D eigenvalue weighted by molar-refractivity contribution is 0.0905. The summed E-state index contributed by atoms with van der Waals surface area (Å²) >= 11 is 1.60. The Balaban J connectivity index is 1.64. The maximum absolute atomic E-state index is 13.3. The first-order valence-corrected chi connectivity index (χ1v) is 8.24. The molecule has 2 nitrogen and oxygen atoms in total. The van der Waals surface area contributed by atoms with Gasteiger partial charge in [0.25, 0.3) is 0 Å². The van der Waals surface area contributed by atoms with E-state index in [2.05, 4.69) is 0 Å². The molecular formula is C18H15FO2S. The molecule has 2 unspecified atom stereocenters. The fourth-order valence-electron chi connectivity index (χ4n) is 3.33. The number of hydrogen-bond acceptors (Lipinski definition) is 3. The molecule has 4 heteroatoms. The van der Waals surface area contributed by atoms with Crippen LogP contribution in [-0.2, 0) is 0 Å². The Labute approximate surface area is 132 Å². The van der Waals surface area contributed by atoms with Crippen LogP contribution in [0.2, 0.25) is 0 Å². The largest absolute Gasteiger partial charge is 0.497 e. The van der Waals surface area contributed by atoms with Gasteiger partial charge in [0, 0.05) is 16.2 Å². The van der Waals surface area contributed by atoms with Crippen molar-refractivity contribution < 1.29 is 13.9 Å². The smallest absolute Gasteiger partial charge is 0.171 e. The molecule has 4 rings (SSSR count). The van der Waals surface area contributed by atoms with Gasteiger partial charge in [-0.25, -0.2) is 4.39 Å². The standard InChI is InChI=1S/C18H15FO2S/c1-21-13-5-2-11(3-6-13)15-9-18(15)10-22-16-8-12(19)4-7-14(16)17(18)20/h2-8,15H,9-10H2,1H3. The van der Waals surface area contributed by atoms with Gasteiger partial charge < -0.3 is 4.74 Å². The highest BCUT2D eigenvalue weighted by atomic mass is 32.2. The number of fused-ring (bicyclic) bond motifs is 1. The minimum atomic E-state index is -0.302. The number of hydrogen-bond donors (Lipinski definition) is 0. The van der Waals surface area contributed by atoms with Gasteiger partial charge in [-0.05, 0) is 48.2 Å². The third kappa shape index (κ3) is 1.97. The van der Waals surface area contributed by atoms with Gasteiger partial charge in [-0.3, -0.25) is 4.79 Å². The predicted octanol–water partition coefficient (Wildman–Crippen LogP) is 4.30. The number of benzene rings is 2. The predicted molar refractivity (Wildman–Crippen MR) is 84.2 cm³/mol. The molecule has 2 aromatic rings. The van der Waals surface area contributed by atoms with Crippen LogP contribution in [0, 0.1) is 11.2 Å². The number of halogens is 1. The van der Waals surface area contributed by atoms with Crippen molar-refractivity contribution in [3.8, 4) is 5.75 Å². The lowest BCUT2D eigenvalue weighted by Gasteiger charge is -2.23. The number of ether oxygens (including phenoxy) is 1. The number of carbonyl (C=O) groups excluding carboxylic acids is 1. The van der Waals surface area contributed by atoms with E-state index >= 15 is 0 Å². The molecule has 1 fully saturated rings. The van der Waals surface area contributed by atoms with Gasteiger partial charge in [-0.2, -0.15) is 0 Å². The van der Waals surface area contributed by atoms with Crippen molar-refractivity contribution in [2.75, 3.05) is 12.9 Å². The maximum atomic E-state index is 13.3. The third-order valence-electron chi connectivity index (χ3n) is 4.72. The van der Waals surface area contributed by atoms with Gasteiger partial charge in [-0.15, -0.1) is 11.8 Å². The van der Waals surface area contributed by atoms with Crippen LogP contribution < -0.4 is 4.74 Å². The molecular weight excluding hydrogens is 299 g/mol. The molecule has 2 atom stereocenters. The average molecular weight is 314 g/mol. The Morgan fingerprint density at radius 3 is 2.73 bits per heavy atom. The van der Waals surface area contributed by atoms with Crippen molar-refractivity contribution in [3.63, 3.8) is 0 Å². The molecule has 1 heterocycles. The molecule has 0 aromatic heterocycles. The Hall–Kier alpha value is -1.81. The second-order valence-corrected chi connectivity index (χ2v) is 6.96. The highest BCUT2D eigenvalue weighted by Crippen LogP contribution is 2.65. The summed E-state index contributed by atoms with van der Waals surface area (Å²) in [6, 6.07) is 12.4. The van der Waals surface area contributed by atoms with Crippen LogP contribution in [0.25, 0.3) is 0 Å². The number of thioether (sulfide) groups is 1. The second kappa shape index (κ2) is 4.85. The van der Waals surface area contributed by atoms with Crippen LogP contribution in [0.15, 0.2) is 47.4 Å². The van der Waals surface area contributed by atoms with Crippen LogP contribution in [0.5, 0.6) is 5.75 Å². The molecule has 0 N–H and O–H groups in total. The molecule has 1 spiro atoms. The summed E-state index contributed by atoms with van der Waals surface area (Å²) in [6.07, 6.45) is 0.877. The maximum Gasteiger partial charge on any atom is 0.171 e. The van der Waals surface area contributed by atoms with Gasteiger partial charge in [-0.1, -0.05) is 12.1 Å². The van der Waals surface area contributed by atoms with Crippen molar-refractivity contribution in [1.29, 1.82) is 0 Å². The van der Waals surface area contributed by atoms with Crippen molar-refractivity contribution in [1.82, 2.24) is 0 Å². The molecule has 0 amide bonds. The lowest BCUT2D eigenvalue weighted by atomic mass is 9.91. The Morgan fingerprint density at radius 2 is 2.00 bits per heavy atom. The summed E-state index contributed by atoms with van der Waals surface area (Å²) in [4.78, 5) is 13.6. The van der Waals surface area contributed by atoms with E-state index in [0.29, 0.717) is 5.56 Å². The van der Waals surface area contributed by atoms with Gasteiger partial charge >= 0.3 is 0 Å². The van der Waals surface area contributed by atoms with E-state index in [1.54, 1.807) is 24.9 Å². The minimum Gasteiger partial charge on any atom is -0.497 e. The van der Waals surface area contributed by atoms with Crippen LogP contribution in [0.3, 0.4) is 0 Å². The van der Waals surface area contributed by atoms with Crippen LogP contribution in [-0.4, -0.2) is 18.6 Å². The van der Waals surface area contributed by atoms with E-state index in [1.807, 2.05) is 24.3 Å². The highest BCUT2D eigenvalue weighted by Gasteiger charge is 2.61. The molecule has 2 aliphatic rings. The van der Waals surface area contributed by atoms with Crippen molar-refractivity contribution in [3.05, 3.63) is 59.4 Å². The summed E-state index contributed by atoms with van der Waals surface area (Å²) in [5, 5.41) is 0. The quantitative estimate of drug-likeness (QED) is 0.827. The first-order chi connectivity index (χ1) is 10.6. The third-order valence-corrected chi connectivity index (χ3v) is 6.03. The topological polar surface area (TPSA) is 26.3 Å². The number of carbonyl (C=O) groups is 1. The number of ketones is 1. The highest BCUT2D eigenvalue weighted by molar-refractivity contribution is 7.99. The summed E-state index contributed by atoms with van der Waals surface area (Å²) in [7, 11) is 1.64. The monoisotopic (exact) mass is 314 g/mol. The number of rotatable bonds is 2. The average Bonchev–Trinajstić information content (AvgIpc) is 3.27. The zero-order valence-electron chi connectivity index (χ0n) is 12.1. The first kappa shape index (κ1) is 13.8. The fourth-order valence-corrected chi connectivity index (χ4v) is 4.71. The molecule has 1 saturated carbocycles. The van der Waals surface area contributed by atoms with Crippen LogP contribution in [0.4, 0.5) is 4.39 Å². The van der Waals surface area contributed by atoms with Crippen LogP contribution in [0.1, 0.15) is 28.3 Å². The van der Waals surface area contributed by atoms with E-state index in [-0.39, 0.29) is 22.9 Å². The molecule has 2 aromatic carbocycles. The van der Waals surface area contributed by atoms with Crippen molar-refractivity contribution in [2.24, 2.45) is 5.41 Å². The lowest BCUT2D eigenvalue weighted by Crippen LogP contribution is -2.25. The van der Waals surface area contributed by atoms with E-state index in [9.17, 15) is 9.18 Å². The van der Waals surface area contributed by atoms with Gasteiger partial charge in [0.1, 0.15) is 11.6 Å². The molecule has 22 heavy (non-hydrogen) atoms. The molecule has 0 saturated heterocycles. The van der Waals surface area contributed by atoms with E-state index in [1.165, 1.54) is 17.7 Å². The van der Waals surface area contributed by atoms with Gasteiger partial charge in [0.2, 0.25) is 0 Å². The number of methoxy groups -OCH3 is 1. The zero-order valence-corrected chi connectivity index (χ0v) is 13.0. The van der Waals surface area contributed by atoms with Crippen molar-refractivity contribution >= 4 is 17.5 Å². The van der Waals surface area contributed by atoms with Crippen molar-refractivity contribution in [2.45, 2.75) is 17.2 Å². The van der Waals surface area contributed by atoms with Crippen LogP contribution >= 0.6 is 11.8 Å². The summed E-state index contributed by atoms with van der Waals surface area (Å²) < 4.78 is 18.5. The normalized spacial score (nSPS) is 25.9. The van der Waals surface area contributed by atoms with E-state index < -0.39 is 0 Å². The number of Topliss-reactive ketones (excluding diaryl/α,β-unsaturated/α-hetero) is 1. The molecule has 112 valence electrons. The summed E-state index contributed by atoms with van der Waals surface area (Å²) in [6.45, 7) is 0. The first-order valence-electron chi connectivity index (χ1n) is 7.25. The van der Waals surface area contributed by atoms with Gasteiger partial charge in [0.05, 0.1) is 12.5 Å². The molecule has 0 radical (unpaired) electrons.